The number of likely N-dealkylation sites (tertiary alicyclic amines) is 1. The molecule has 1 aliphatic carbocycles. The Hall–Kier alpha value is -2.54. The third-order valence-electron chi connectivity index (χ3n) is 7.28. The van der Waals surface area contributed by atoms with Gasteiger partial charge in [-0.1, -0.05) is 61.0 Å². The topological polar surface area (TPSA) is 89.9 Å². The van der Waals surface area contributed by atoms with Crippen LogP contribution in [0.4, 0.5) is 0 Å². The molecule has 6 nitrogen and oxygen atoms in total. The molecule has 0 bridgehead atoms. The third kappa shape index (κ3) is 5.93. The van der Waals surface area contributed by atoms with Crippen molar-refractivity contribution in [2.45, 2.75) is 69.7 Å². The number of hydrogen-bond acceptors (Lipinski definition) is 5. The van der Waals surface area contributed by atoms with Gasteiger partial charge in [0.2, 0.25) is 5.91 Å². The Morgan fingerprint density at radius 2 is 1.82 bits per heavy atom. The van der Waals surface area contributed by atoms with Gasteiger partial charge in [-0.2, -0.15) is 0 Å². The third-order valence-corrected chi connectivity index (χ3v) is 7.28. The molecule has 0 aromatic heterocycles. The van der Waals surface area contributed by atoms with Crippen LogP contribution >= 0.6 is 0 Å². The van der Waals surface area contributed by atoms with E-state index in [1.165, 1.54) is 0 Å². The number of amides is 1. The van der Waals surface area contributed by atoms with Crippen LogP contribution in [0.15, 0.2) is 54.6 Å². The smallest absolute Gasteiger partial charge is 0.224 e. The normalized spacial score (nSPS) is 24.3. The van der Waals surface area contributed by atoms with E-state index in [4.69, 9.17) is 0 Å². The number of ketones is 1. The molecule has 4 rings (SSSR count). The molecule has 0 spiro atoms. The van der Waals surface area contributed by atoms with Gasteiger partial charge in [-0.15, -0.1) is 0 Å². The molecule has 1 saturated heterocycles. The number of piperidine rings is 1. The van der Waals surface area contributed by atoms with Gasteiger partial charge in [-0.3, -0.25) is 14.5 Å². The molecule has 5 unspecified atom stereocenters. The molecule has 34 heavy (non-hydrogen) atoms. The van der Waals surface area contributed by atoms with Gasteiger partial charge in [0, 0.05) is 18.9 Å². The molecule has 1 heterocycles. The molecule has 2 aromatic rings. The van der Waals surface area contributed by atoms with Crippen molar-refractivity contribution in [3.05, 3.63) is 71.3 Å². The van der Waals surface area contributed by atoms with Gasteiger partial charge in [0.25, 0.3) is 0 Å². The highest BCUT2D eigenvalue weighted by molar-refractivity contribution is 5.81. The fraction of sp³-hybridized carbons (Fsp3) is 0.500. The Morgan fingerprint density at radius 3 is 2.59 bits per heavy atom. The van der Waals surface area contributed by atoms with Crippen molar-refractivity contribution in [3.63, 3.8) is 0 Å². The first-order valence-electron chi connectivity index (χ1n) is 12.4. The average Bonchev–Trinajstić information content (AvgIpc) is 3.14. The van der Waals surface area contributed by atoms with Crippen LogP contribution in [-0.2, 0) is 22.4 Å². The van der Waals surface area contributed by atoms with Crippen LogP contribution in [0.3, 0.4) is 0 Å². The maximum atomic E-state index is 13.5. The Morgan fingerprint density at radius 1 is 1.09 bits per heavy atom. The lowest BCUT2D eigenvalue weighted by Crippen LogP contribution is -2.48. The first kappa shape index (κ1) is 24.6. The van der Waals surface area contributed by atoms with Crippen LogP contribution in [-0.4, -0.2) is 58.1 Å². The second-order valence-corrected chi connectivity index (χ2v) is 9.85. The van der Waals surface area contributed by atoms with E-state index in [-0.39, 0.29) is 17.7 Å². The predicted octanol–water partition coefficient (Wildman–Crippen LogP) is 2.81. The largest absolute Gasteiger partial charge is 0.392 e. The van der Waals surface area contributed by atoms with E-state index in [0.29, 0.717) is 25.8 Å². The number of benzene rings is 2. The van der Waals surface area contributed by atoms with E-state index in [9.17, 15) is 19.8 Å². The van der Waals surface area contributed by atoms with Gasteiger partial charge in [0.1, 0.15) is 5.78 Å². The van der Waals surface area contributed by atoms with E-state index in [1.54, 1.807) is 6.92 Å². The lowest BCUT2D eigenvalue weighted by atomic mass is 9.91. The van der Waals surface area contributed by atoms with Gasteiger partial charge in [-0.25, -0.2) is 0 Å². The number of aliphatic hydroxyl groups excluding tert-OH is 2. The van der Waals surface area contributed by atoms with Crippen molar-refractivity contribution in [2.75, 3.05) is 13.1 Å². The van der Waals surface area contributed by atoms with Crippen LogP contribution in [0.1, 0.15) is 55.3 Å². The zero-order chi connectivity index (χ0) is 24.1. The number of Topliss-reactive ketones (excluding diaryl/α,β-unsaturated/α-hetero) is 1. The minimum atomic E-state index is -0.722. The fourth-order valence-corrected chi connectivity index (χ4v) is 5.54. The molecule has 182 valence electrons. The summed E-state index contributed by atoms with van der Waals surface area (Å²) in [4.78, 5) is 27.6. The molecule has 0 saturated carbocycles. The summed E-state index contributed by atoms with van der Waals surface area (Å²) in [5.41, 5.74) is 3.04. The predicted molar refractivity (Wildman–Crippen MR) is 131 cm³/mol. The van der Waals surface area contributed by atoms with E-state index < -0.39 is 24.2 Å². The number of aliphatic hydroxyl groups is 2. The van der Waals surface area contributed by atoms with Gasteiger partial charge in [0.15, 0.2) is 0 Å². The number of fused-ring (bicyclic) bond motifs is 1. The summed E-state index contributed by atoms with van der Waals surface area (Å²) >= 11 is 0. The summed E-state index contributed by atoms with van der Waals surface area (Å²) in [5.74, 6) is -0.470. The fourth-order valence-electron chi connectivity index (χ4n) is 5.54. The quantitative estimate of drug-likeness (QED) is 0.531. The average molecular weight is 465 g/mol. The van der Waals surface area contributed by atoms with Crippen molar-refractivity contribution >= 4 is 11.7 Å². The summed E-state index contributed by atoms with van der Waals surface area (Å²) < 4.78 is 0. The number of β-amino-alcohol motifs (C(OH)–C–C–N with tert-alkyl or cyclic N) is 1. The Balaban J connectivity index is 1.46. The summed E-state index contributed by atoms with van der Waals surface area (Å²) in [7, 11) is 0. The molecule has 6 heteroatoms. The number of carbonyl (C=O) groups excluding carboxylic acids is 2. The highest BCUT2D eigenvalue weighted by Crippen LogP contribution is 2.32. The minimum Gasteiger partial charge on any atom is -0.392 e. The summed E-state index contributed by atoms with van der Waals surface area (Å²) in [5, 5.41) is 24.7. The Labute approximate surface area is 202 Å². The Kier molecular flexibility index (Phi) is 8.14. The van der Waals surface area contributed by atoms with Gasteiger partial charge in [0.05, 0.1) is 24.3 Å². The lowest BCUT2D eigenvalue weighted by molar-refractivity contribution is -0.128. The van der Waals surface area contributed by atoms with E-state index >= 15 is 0 Å². The zero-order valence-corrected chi connectivity index (χ0v) is 19.9. The standard InChI is InChI=1S/C28H36N2O4/c1-19(31)25-13-7-8-14-30(25)18-23(32)16-22(15-20-9-3-2-4-10-20)28(34)29-27-24-12-6-5-11-21(24)17-26(27)33/h2-6,9-12,22-23,25-27,32-33H,7-8,13-18H2,1H3,(H,29,34). The maximum Gasteiger partial charge on any atom is 0.224 e. The molecule has 5 atom stereocenters. The first-order valence-corrected chi connectivity index (χ1v) is 12.4. The molecule has 2 aromatic carbocycles. The van der Waals surface area contributed by atoms with Crippen molar-refractivity contribution in [2.24, 2.45) is 5.92 Å². The van der Waals surface area contributed by atoms with Crippen molar-refractivity contribution < 1.29 is 19.8 Å². The number of hydrogen-bond donors (Lipinski definition) is 3. The van der Waals surface area contributed by atoms with Crippen molar-refractivity contribution in [1.29, 1.82) is 0 Å². The molecular weight excluding hydrogens is 428 g/mol. The summed E-state index contributed by atoms with van der Waals surface area (Å²) in [6.07, 6.45) is 2.82. The molecule has 1 aliphatic heterocycles. The Bertz CT molecular complexity index is 979. The van der Waals surface area contributed by atoms with Crippen LogP contribution < -0.4 is 5.32 Å². The van der Waals surface area contributed by atoms with E-state index in [0.717, 1.165) is 42.5 Å². The van der Waals surface area contributed by atoms with E-state index in [2.05, 4.69) is 10.2 Å². The molecule has 0 radical (unpaired) electrons. The number of rotatable bonds is 9. The summed E-state index contributed by atoms with van der Waals surface area (Å²) in [6.45, 7) is 2.80. The van der Waals surface area contributed by atoms with Crippen LogP contribution in [0.5, 0.6) is 0 Å². The van der Waals surface area contributed by atoms with E-state index in [1.807, 2.05) is 54.6 Å². The van der Waals surface area contributed by atoms with Gasteiger partial charge in [-0.05, 0) is 55.8 Å². The van der Waals surface area contributed by atoms with Crippen molar-refractivity contribution in [1.82, 2.24) is 10.2 Å². The maximum absolute atomic E-state index is 13.5. The van der Waals surface area contributed by atoms with Crippen LogP contribution in [0.2, 0.25) is 0 Å². The highest BCUT2D eigenvalue weighted by Gasteiger charge is 2.35. The number of carbonyl (C=O) groups is 2. The molecule has 2 aliphatic rings. The van der Waals surface area contributed by atoms with Crippen LogP contribution in [0, 0.1) is 5.92 Å². The lowest BCUT2D eigenvalue weighted by Gasteiger charge is -2.36. The summed E-state index contributed by atoms with van der Waals surface area (Å²) in [6, 6.07) is 17.0. The first-order chi connectivity index (χ1) is 16.4. The molecule has 1 amide bonds. The SMILES string of the molecule is CC(=O)C1CCCCN1CC(O)CC(Cc1ccccc1)C(=O)NC1c2ccccc2CC1O. The van der Waals surface area contributed by atoms with Crippen LogP contribution in [0.25, 0.3) is 0 Å². The minimum absolute atomic E-state index is 0.138. The highest BCUT2D eigenvalue weighted by atomic mass is 16.3. The number of nitrogens with one attached hydrogen (secondary N) is 1. The number of nitrogens with zero attached hydrogens (tertiary/aromatic N) is 1. The monoisotopic (exact) mass is 464 g/mol. The molecular formula is C28H36N2O4. The van der Waals surface area contributed by atoms with Crippen molar-refractivity contribution in [3.8, 4) is 0 Å². The second-order valence-electron chi connectivity index (χ2n) is 9.85. The molecule has 1 fully saturated rings. The molecule has 3 N–H and O–H groups in total. The van der Waals surface area contributed by atoms with Gasteiger partial charge < -0.3 is 15.5 Å². The second kappa shape index (κ2) is 11.3. The van der Waals surface area contributed by atoms with Gasteiger partial charge >= 0.3 is 0 Å². The zero-order valence-electron chi connectivity index (χ0n) is 19.9.